The number of nitrogens with one attached hydrogen (secondary N) is 1. The molecule has 1 aliphatic heterocycles. The average Bonchev–Trinajstić information content (AvgIpc) is 2.75. The molecule has 28 heavy (non-hydrogen) atoms. The maximum Gasteiger partial charge on any atom is 0.409 e. The molecule has 0 radical (unpaired) electrons. The molecule has 2 N–H and O–H groups in total. The van der Waals surface area contributed by atoms with E-state index in [1.54, 1.807) is 60.4 Å². The molecule has 2 aromatic carbocycles. The van der Waals surface area contributed by atoms with Gasteiger partial charge in [-0.05, 0) is 30.9 Å². The van der Waals surface area contributed by atoms with E-state index in [1.165, 1.54) is 0 Å². The van der Waals surface area contributed by atoms with Crippen molar-refractivity contribution < 1.29 is 19.4 Å². The first-order valence-corrected chi connectivity index (χ1v) is 9.61. The molecule has 1 saturated heterocycles. The summed E-state index contributed by atoms with van der Waals surface area (Å²) in [6, 6.07) is 17.8. The van der Waals surface area contributed by atoms with Crippen molar-refractivity contribution >= 4 is 12.0 Å². The highest BCUT2D eigenvalue weighted by atomic mass is 16.6. The quantitative estimate of drug-likeness (QED) is 0.833. The second-order valence-corrected chi connectivity index (χ2v) is 6.88. The fourth-order valence-electron chi connectivity index (χ4n) is 3.50. The highest BCUT2D eigenvalue weighted by molar-refractivity contribution is 5.90. The summed E-state index contributed by atoms with van der Waals surface area (Å²) in [5.74, 6) is -0.459. The number of rotatable bonds is 5. The maximum absolute atomic E-state index is 13.2. The van der Waals surface area contributed by atoms with E-state index in [0.29, 0.717) is 43.7 Å². The van der Waals surface area contributed by atoms with Crippen LogP contribution in [0.4, 0.5) is 4.79 Å². The number of nitrogens with zero attached hydrogens (tertiary/aromatic N) is 1. The summed E-state index contributed by atoms with van der Waals surface area (Å²) in [5, 5.41) is 14.4. The first-order chi connectivity index (χ1) is 13.6. The minimum absolute atomic E-state index is 0.114. The second kappa shape index (κ2) is 8.89. The molecule has 148 valence electrons. The standard InChI is InChI=1S/C22H26N2O4/c1-2-28-21(26)24-15-13-19(14-16-24)23-20(25)22(27,17-9-5-3-6-10-17)18-11-7-4-8-12-18/h3-12,19,27H,2,13-16H2,1H3,(H,23,25). The topological polar surface area (TPSA) is 78.9 Å². The van der Waals surface area contributed by atoms with Gasteiger partial charge in [0.25, 0.3) is 5.91 Å². The lowest BCUT2D eigenvalue weighted by Crippen LogP contribution is -2.52. The van der Waals surface area contributed by atoms with Crippen LogP contribution in [0.1, 0.15) is 30.9 Å². The number of hydrogen-bond acceptors (Lipinski definition) is 4. The van der Waals surface area contributed by atoms with Crippen LogP contribution < -0.4 is 5.32 Å². The van der Waals surface area contributed by atoms with E-state index in [2.05, 4.69) is 5.32 Å². The first-order valence-electron chi connectivity index (χ1n) is 9.61. The zero-order chi connectivity index (χ0) is 20.0. The monoisotopic (exact) mass is 382 g/mol. The van der Waals surface area contributed by atoms with Gasteiger partial charge in [0.15, 0.2) is 5.60 Å². The van der Waals surface area contributed by atoms with Gasteiger partial charge in [0.05, 0.1) is 6.61 Å². The lowest BCUT2D eigenvalue weighted by molar-refractivity contribution is -0.137. The molecule has 2 aromatic rings. The molecule has 0 unspecified atom stereocenters. The van der Waals surface area contributed by atoms with Crippen LogP contribution in [0, 0.1) is 0 Å². The molecular formula is C22H26N2O4. The third-order valence-electron chi connectivity index (χ3n) is 5.07. The number of ether oxygens (including phenoxy) is 1. The third-order valence-corrected chi connectivity index (χ3v) is 5.07. The minimum atomic E-state index is -1.78. The van der Waals surface area contributed by atoms with Gasteiger partial charge in [-0.2, -0.15) is 0 Å². The Labute approximate surface area is 165 Å². The van der Waals surface area contributed by atoms with E-state index >= 15 is 0 Å². The number of benzene rings is 2. The summed E-state index contributed by atoms with van der Waals surface area (Å²) in [5.41, 5.74) is -0.744. The number of hydrogen-bond donors (Lipinski definition) is 2. The summed E-state index contributed by atoms with van der Waals surface area (Å²) >= 11 is 0. The van der Waals surface area contributed by atoms with Crippen molar-refractivity contribution in [3.05, 3.63) is 71.8 Å². The fourth-order valence-corrected chi connectivity index (χ4v) is 3.50. The molecule has 6 nitrogen and oxygen atoms in total. The van der Waals surface area contributed by atoms with E-state index in [0.717, 1.165) is 0 Å². The van der Waals surface area contributed by atoms with E-state index in [-0.39, 0.29) is 12.1 Å². The molecule has 1 fully saturated rings. The van der Waals surface area contributed by atoms with Gasteiger partial charge < -0.3 is 20.1 Å². The van der Waals surface area contributed by atoms with Gasteiger partial charge in [-0.1, -0.05) is 60.7 Å². The van der Waals surface area contributed by atoms with E-state index in [1.807, 2.05) is 12.1 Å². The van der Waals surface area contributed by atoms with Crippen LogP contribution in [-0.4, -0.2) is 47.7 Å². The Kier molecular flexibility index (Phi) is 6.31. The van der Waals surface area contributed by atoms with Gasteiger partial charge in [0.1, 0.15) is 0 Å². The van der Waals surface area contributed by atoms with Crippen molar-refractivity contribution in [2.24, 2.45) is 0 Å². The van der Waals surface area contributed by atoms with Crippen LogP contribution in [-0.2, 0) is 15.1 Å². The van der Waals surface area contributed by atoms with E-state index < -0.39 is 11.5 Å². The van der Waals surface area contributed by atoms with Crippen LogP contribution in [0.25, 0.3) is 0 Å². The van der Waals surface area contributed by atoms with Crippen LogP contribution >= 0.6 is 0 Å². The van der Waals surface area contributed by atoms with Crippen LogP contribution in [0.2, 0.25) is 0 Å². The summed E-state index contributed by atoms with van der Waals surface area (Å²) in [4.78, 5) is 26.7. The maximum atomic E-state index is 13.2. The van der Waals surface area contributed by atoms with Crippen molar-refractivity contribution in [1.82, 2.24) is 10.2 Å². The molecule has 0 spiro atoms. The number of likely N-dealkylation sites (tertiary alicyclic amines) is 1. The number of carbonyl (C=O) groups excluding carboxylic acids is 2. The summed E-state index contributed by atoms with van der Waals surface area (Å²) < 4.78 is 5.03. The lowest BCUT2D eigenvalue weighted by atomic mass is 9.85. The molecule has 0 aromatic heterocycles. The molecule has 6 heteroatoms. The van der Waals surface area contributed by atoms with E-state index in [9.17, 15) is 14.7 Å². The van der Waals surface area contributed by atoms with Gasteiger partial charge in [-0.25, -0.2) is 4.79 Å². The minimum Gasteiger partial charge on any atom is -0.450 e. The molecule has 0 atom stereocenters. The first kappa shape index (κ1) is 19.9. The number of piperidine rings is 1. The Hall–Kier alpha value is -2.86. The van der Waals surface area contributed by atoms with E-state index in [4.69, 9.17) is 4.74 Å². The highest BCUT2D eigenvalue weighted by Crippen LogP contribution is 2.30. The van der Waals surface area contributed by atoms with Gasteiger partial charge >= 0.3 is 6.09 Å². The van der Waals surface area contributed by atoms with Crippen molar-refractivity contribution in [1.29, 1.82) is 0 Å². The molecule has 1 heterocycles. The molecule has 1 aliphatic rings. The zero-order valence-corrected chi connectivity index (χ0v) is 16.0. The Balaban J connectivity index is 1.74. The normalized spacial score (nSPS) is 15.1. The van der Waals surface area contributed by atoms with Crippen LogP contribution in [0.3, 0.4) is 0 Å². The summed E-state index contributed by atoms with van der Waals surface area (Å²) in [7, 11) is 0. The van der Waals surface area contributed by atoms with Gasteiger partial charge in [-0.3, -0.25) is 4.79 Å². The largest absolute Gasteiger partial charge is 0.450 e. The predicted molar refractivity (Wildman–Crippen MR) is 106 cm³/mol. The smallest absolute Gasteiger partial charge is 0.409 e. The van der Waals surface area contributed by atoms with Crippen molar-refractivity contribution in [3.63, 3.8) is 0 Å². The van der Waals surface area contributed by atoms with Crippen LogP contribution in [0.15, 0.2) is 60.7 Å². The van der Waals surface area contributed by atoms with Crippen molar-refractivity contribution in [3.8, 4) is 0 Å². The summed E-state index contributed by atoms with van der Waals surface area (Å²) in [6.45, 7) is 3.15. The SMILES string of the molecule is CCOC(=O)N1CCC(NC(=O)C(O)(c2ccccc2)c2ccccc2)CC1. The van der Waals surface area contributed by atoms with Crippen LogP contribution in [0.5, 0.6) is 0 Å². The molecule has 2 amide bonds. The molecular weight excluding hydrogens is 356 g/mol. The third kappa shape index (κ3) is 4.17. The number of aliphatic hydroxyl groups is 1. The second-order valence-electron chi connectivity index (χ2n) is 6.88. The van der Waals surface area contributed by atoms with Gasteiger partial charge in [0.2, 0.25) is 0 Å². The lowest BCUT2D eigenvalue weighted by Gasteiger charge is -2.34. The Morgan fingerprint density at radius 3 is 2.00 bits per heavy atom. The molecule has 0 bridgehead atoms. The van der Waals surface area contributed by atoms with Gasteiger partial charge in [0, 0.05) is 19.1 Å². The molecule has 0 saturated carbocycles. The Bertz CT molecular complexity index is 747. The molecule has 3 rings (SSSR count). The molecule has 0 aliphatic carbocycles. The number of amides is 2. The predicted octanol–water partition coefficient (Wildman–Crippen LogP) is 2.66. The summed E-state index contributed by atoms with van der Waals surface area (Å²) in [6.07, 6.45) is 0.909. The highest BCUT2D eigenvalue weighted by Gasteiger charge is 2.41. The fraction of sp³-hybridized carbons (Fsp3) is 0.364. The van der Waals surface area contributed by atoms with Crippen molar-refractivity contribution in [2.45, 2.75) is 31.4 Å². The Morgan fingerprint density at radius 1 is 1.04 bits per heavy atom. The van der Waals surface area contributed by atoms with Crippen molar-refractivity contribution in [2.75, 3.05) is 19.7 Å². The number of carbonyl (C=O) groups is 2. The average molecular weight is 382 g/mol. The Morgan fingerprint density at radius 2 is 1.54 bits per heavy atom. The zero-order valence-electron chi connectivity index (χ0n) is 16.0. The van der Waals surface area contributed by atoms with Gasteiger partial charge in [-0.15, -0.1) is 0 Å².